The van der Waals surface area contributed by atoms with Gasteiger partial charge in [0.05, 0.1) is 5.39 Å². The number of rotatable bonds is 6. The summed E-state index contributed by atoms with van der Waals surface area (Å²) in [5.74, 6) is 1.26. The van der Waals surface area contributed by atoms with Crippen LogP contribution in [0.15, 0.2) is 29.1 Å². The fourth-order valence-corrected chi connectivity index (χ4v) is 6.37. The highest BCUT2D eigenvalue weighted by Gasteiger charge is 2.23. The minimum Gasteiger partial charge on any atom is -0.338 e. The minimum absolute atomic E-state index is 0.0903. The van der Waals surface area contributed by atoms with Crippen molar-refractivity contribution in [1.29, 1.82) is 0 Å². The monoisotopic (exact) mass is 478 g/mol. The first-order chi connectivity index (χ1) is 16.5. The molecule has 3 aromatic rings. The van der Waals surface area contributed by atoms with Gasteiger partial charge in [-0.15, -0.1) is 11.3 Å². The number of hydrogen-bond acceptors (Lipinski definition) is 5. The Hall–Kier alpha value is -3.00. The molecule has 0 spiro atoms. The van der Waals surface area contributed by atoms with Gasteiger partial charge >= 0.3 is 0 Å². The van der Waals surface area contributed by atoms with Gasteiger partial charge in [-0.3, -0.25) is 14.4 Å². The quantitative estimate of drug-likeness (QED) is 0.555. The summed E-state index contributed by atoms with van der Waals surface area (Å²) in [6, 6.07) is 7.64. The second-order valence-corrected chi connectivity index (χ2v) is 10.6. The third kappa shape index (κ3) is 4.92. The number of aryl methyl sites for hydroxylation is 2. The molecule has 178 valence electrons. The number of thiophene rings is 1. The first-order valence-corrected chi connectivity index (χ1v) is 13.0. The molecule has 1 aromatic carbocycles. The van der Waals surface area contributed by atoms with Crippen molar-refractivity contribution in [3.63, 3.8) is 0 Å². The first-order valence-electron chi connectivity index (χ1n) is 12.2. The van der Waals surface area contributed by atoms with Gasteiger partial charge in [-0.1, -0.05) is 19.1 Å². The molecule has 1 unspecified atom stereocenters. The number of hydrogen-bond donors (Lipinski definition) is 2. The van der Waals surface area contributed by atoms with Gasteiger partial charge in [-0.05, 0) is 61.3 Å². The van der Waals surface area contributed by atoms with E-state index in [2.05, 4.69) is 22.2 Å². The summed E-state index contributed by atoms with van der Waals surface area (Å²) >= 11 is 1.62. The zero-order valence-electron chi connectivity index (χ0n) is 19.5. The smallest absolute Gasteiger partial charge is 0.259 e. The van der Waals surface area contributed by atoms with E-state index in [9.17, 15) is 14.4 Å². The summed E-state index contributed by atoms with van der Waals surface area (Å²) in [7, 11) is 0. The van der Waals surface area contributed by atoms with E-state index in [0.717, 1.165) is 54.4 Å². The molecular formula is C26H30N4O3S. The molecule has 2 amide bonds. The van der Waals surface area contributed by atoms with Crippen LogP contribution in [0.25, 0.3) is 10.2 Å². The van der Waals surface area contributed by atoms with Crippen molar-refractivity contribution in [2.24, 2.45) is 5.92 Å². The Balaban J connectivity index is 1.22. The number of nitrogens with zero attached hydrogens (tertiary/aromatic N) is 2. The number of piperidine rings is 1. The lowest BCUT2D eigenvalue weighted by Crippen LogP contribution is -2.34. The van der Waals surface area contributed by atoms with Crippen molar-refractivity contribution in [2.45, 2.75) is 64.8 Å². The number of amides is 2. The van der Waals surface area contributed by atoms with Gasteiger partial charge in [-0.2, -0.15) is 0 Å². The standard InChI is InChI=1S/C26H30N4O3S/c1-16-8-9-19-20(13-16)34-26-24(19)25(33)28-21(29-26)10-11-22(31)27-18-6-4-5-17(14-18)15-30-12-3-2-7-23(30)32/h4-6,14,16H,2-3,7-13,15H2,1H3,(H,27,31)(H,28,29,33). The second kappa shape index (κ2) is 9.70. The van der Waals surface area contributed by atoms with E-state index in [4.69, 9.17) is 0 Å². The van der Waals surface area contributed by atoms with Crippen LogP contribution in [-0.4, -0.2) is 33.2 Å². The fraction of sp³-hybridized carbons (Fsp3) is 0.462. The Bertz CT molecular complexity index is 1290. The topological polar surface area (TPSA) is 95.2 Å². The maximum Gasteiger partial charge on any atom is 0.259 e. The number of fused-ring (bicyclic) bond motifs is 3. The van der Waals surface area contributed by atoms with E-state index >= 15 is 0 Å². The van der Waals surface area contributed by atoms with Crippen LogP contribution in [0.5, 0.6) is 0 Å². The molecule has 34 heavy (non-hydrogen) atoms. The molecule has 3 heterocycles. The number of aromatic nitrogens is 2. The van der Waals surface area contributed by atoms with Gasteiger partial charge in [-0.25, -0.2) is 4.98 Å². The molecule has 1 atom stereocenters. The molecule has 1 aliphatic carbocycles. The maximum absolute atomic E-state index is 12.8. The Morgan fingerprint density at radius 2 is 2.15 bits per heavy atom. The Labute approximate surface area is 202 Å². The molecule has 1 saturated heterocycles. The molecule has 0 saturated carbocycles. The Morgan fingerprint density at radius 1 is 1.26 bits per heavy atom. The molecule has 2 aromatic heterocycles. The fourth-order valence-electron chi connectivity index (χ4n) is 4.96. The molecule has 1 fully saturated rings. The Kier molecular flexibility index (Phi) is 6.50. The highest BCUT2D eigenvalue weighted by molar-refractivity contribution is 7.18. The molecule has 5 rings (SSSR count). The number of likely N-dealkylation sites (tertiary alicyclic amines) is 1. The van der Waals surface area contributed by atoms with E-state index in [1.807, 2.05) is 29.2 Å². The summed E-state index contributed by atoms with van der Waals surface area (Å²) in [6.07, 6.45) is 6.28. The van der Waals surface area contributed by atoms with Crippen LogP contribution in [0.3, 0.4) is 0 Å². The third-order valence-corrected chi connectivity index (χ3v) is 7.96. The lowest BCUT2D eigenvalue weighted by atomic mass is 9.89. The van der Waals surface area contributed by atoms with Crippen molar-refractivity contribution in [1.82, 2.24) is 14.9 Å². The number of aromatic amines is 1. The average Bonchev–Trinajstić information content (AvgIpc) is 3.17. The SMILES string of the molecule is CC1CCc2c(sc3nc(CCC(=O)Nc4cccc(CN5CCCCC5=O)c4)[nH]c(=O)c23)C1. The summed E-state index contributed by atoms with van der Waals surface area (Å²) in [6.45, 7) is 3.60. The van der Waals surface area contributed by atoms with Crippen LogP contribution >= 0.6 is 11.3 Å². The van der Waals surface area contributed by atoms with E-state index in [1.54, 1.807) is 11.3 Å². The van der Waals surface area contributed by atoms with Crippen LogP contribution in [-0.2, 0) is 35.4 Å². The molecule has 2 N–H and O–H groups in total. The van der Waals surface area contributed by atoms with Crippen molar-refractivity contribution in [3.8, 4) is 0 Å². The van der Waals surface area contributed by atoms with Crippen LogP contribution < -0.4 is 10.9 Å². The van der Waals surface area contributed by atoms with Gasteiger partial charge in [0.2, 0.25) is 11.8 Å². The first kappa shape index (κ1) is 22.8. The molecule has 0 radical (unpaired) electrons. The molecule has 0 bridgehead atoms. The summed E-state index contributed by atoms with van der Waals surface area (Å²) in [5.41, 5.74) is 2.79. The van der Waals surface area contributed by atoms with Crippen molar-refractivity contribution in [2.75, 3.05) is 11.9 Å². The maximum atomic E-state index is 12.8. The highest BCUT2D eigenvalue weighted by Crippen LogP contribution is 2.35. The van der Waals surface area contributed by atoms with Crippen molar-refractivity contribution < 1.29 is 9.59 Å². The predicted molar refractivity (Wildman–Crippen MR) is 134 cm³/mol. The number of H-pyrrole nitrogens is 1. The van der Waals surface area contributed by atoms with E-state index < -0.39 is 0 Å². The highest BCUT2D eigenvalue weighted by atomic mass is 32.1. The summed E-state index contributed by atoms with van der Waals surface area (Å²) < 4.78 is 0. The number of carbonyl (C=O) groups is 2. The van der Waals surface area contributed by atoms with Gasteiger partial charge < -0.3 is 15.2 Å². The zero-order chi connectivity index (χ0) is 23.7. The van der Waals surface area contributed by atoms with E-state index in [0.29, 0.717) is 36.8 Å². The molecule has 7 nitrogen and oxygen atoms in total. The van der Waals surface area contributed by atoms with Gasteiger partial charge in [0, 0.05) is 42.9 Å². The minimum atomic E-state index is -0.131. The Morgan fingerprint density at radius 3 is 3.00 bits per heavy atom. The number of benzene rings is 1. The largest absolute Gasteiger partial charge is 0.338 e. The van der Waals surface area contributed by atoms with Gasteiger partial charge in [0.1, 0.15) is 10.7 Å². The summed E-state index contributed by atoms with van der Waals surface area (Å²) in [4.78, 5) is 49.0. The van der Waals surface area contributed by atoms with Crippen molar-refractivity contribution >= 4 is 39.1 Å². The number of anilines is 1. The van der Waals surface area contributed by atoms with Crippen LogP contribution in [0.4, 0.5) is 5.69 Å². The lowest BCUT2D eigenvalue weighted by molar-refractivity contribution is -0.133. The van der Waals surface area contributed by atoms with Crippen LogP contribution in [0, 0.1) is 5.92 Å². The van der Waals surface area contributed by atoms with Gasteiger partial charge in [0.25, 0.3) is 5.56 Å². The van der Waals surface area contributed by atoms with E-state index in [1.165, 1.54) is 10.4 Å². The second-order valence-electron chi connectivity index (χ2n) is 9.57. The zero-order valence-corrected chi connectivity index (χ0v) is 20.3. The predicted octanol–water partition coefficient (Wildman–Crippen LogP) is 4.19. The van der Waals surface area contributed by atoms with Gasteiger partial charge in [0.15, 0.2) is 0 Å². The average molecular weight is 479 g/mol. The van der Waals surface area contributed by atoms with Crippen LogP contribution in [0.2, 0.25) is 0 Å². The summed E-state index contributed by atoms with van der Waals surface area (Å²) in [5, 5.41) is 3.68. The number of carbonyl (C=O) groups excluding carboxylic acids is 2. The molecule has 8 heteroatoms. The third-order valence-electron chi connectivity index (χ3n) is 6.81. The molecular weight excluding hydrogens is 448 g/mol. The lowest BCUT2D eigenvalue weighted by Gasteiger charge is -2.26. The molecule has 2 aliphatic rings. The normalized spacial score (nSPS) is 18.2. The van der Waals surface area contributed by atoms with Crippen LogP contribution in [0.1, 0.15) is 60.9 Å². The van der Waals surface area contributed by atoms with Crippen molar-refractivity contribution in [3.05, 3.63) is 56.4 Å². The molecule has 1 aliphatic heterocycles. The number of nitrogens with one attached hydrogen (secondary N) is 2. The van der Waals surface area contributed by atoms with E-state index in [-0.39, 0.29) is 23.8 Å².